The van der Waals surface area contributed by atoms with Crippen LogP contribution in [0.25, 0.3) is 0 Å². The van der Waals surface area contributed by atoms with Crippen LogP contribution in [0.5, 0.6) is 0 Å². The van der Waals surface area contributed by atoms with Crippen LogP contribution in [0.2, 0.25) is 0 Å². The van der Waals surface area contributed by atoms with Gasteiger partial charge in [-0.15, -0.1) is 0 Å². The third kappa shape index (κ3) is 4.61. The molecule has 0 bridgehead atoms. The first kappa shape index (κ1) is 14.9. The topological polar surface area (TPSA) is 49.4 Å². The Labute approximate surface area is 109 Å². The average molecular weight is 252 g/mol. The van der Waals surface area contributed by atoms with E-state index in [0.717, 1.165) is 5.57 Å². The molecule has 4 heteroatoms. The minimum atomic E-state index is -0.0735. The summed E-state index contributed by atoms with van der Waals surface area (Å²) in [5.41, 5.74) is 0.870. The summed E-state index contributed by atoms with van der Waals surface area (Å²) < 4.78 is 0. The Morgan fingerprint density at radius 3 is 2.28 bits per heavy atom. The van der Waals surface area contributed by atoms with Crippen LogP contribution < -0.4 is 5.32 Å². The first-order valence-corrected chi connectivity index (χ1v) is 6.44. The summed E-state index contributed by atoms with van der Waals surface area (Å²) in [7, 11) is 0. The van der Waals surface area contributed by atoms with Gasteiger partial charge in [0.1, 0.15) is 0 Å². The molecule has 1 heterocycles. The van der Waals surface area contributed by atoms with Gasteiger partial charge in [0.2, 0.25) is 11.8 Å². The fraction of sp³-hybridized carbons (Fsp3) is 0.714. The van der Waals surface area contributed by atoms with Crippen molar-refractivity contribution in [1.82, 2.24) is 10.2 Å². The largest absolute Gasteiger partial charge is 0.308 e. The molecule has 0 unspecified atom stereocenters. The van der Waals surface area contributed by atoms with Gasteiger partial charge in [0.05, 0.1) is 6.54 Å². The Morgan fingerprint density at radius 2 is 1.83 bits per heavy atom. The lowest BCUT2D eigenvalue weighted by molar-refractivity contribution is -0.149. The number of likely N-dealkylation sites (tertiary alicyclic amines) is 1. The van der Waals surface area contributed by atoms with Crippen LogP contribution in [0, 0.1) is 5.92 Å². The van der Waals surface area contributed by atoms with Crippen molar-refractivity contribution in [1.29, 1.82) is 0 Å². The molecule has 2 amide bonds. The lowest BCUT2D eigenvalue weighted by Gasteiger charge is -2.29. The van der Waals surface area contributed by atoms with Crippen LogP contribution in [0.15, 0.2) is 12.2 Å². The summed E-state index contributed by atoms with van der Waals surface area (Å²) in [6.07, 6.45) is 0.928. The molecule has 0 atom stereocenters. The third-order valence-corrected chi connectivity index (χ3v) is 2.90. The van der Waals surface area contributed by atoms with Crippen LogP contribution >= 0.6 is 0 Å². The molecule has 1 fully saturated rings. The molecule has 0 aromatic carbocycles. The highest BCUT2D eigenvalue weighted by Gasteiger charge is 2.30. The van der Waals surface area contributed by atoms with E-state index in [1.54, 1.807) is 0 Å². The second kappa shape index (κ2) is 5.65. The number of hydrogen-bond donors (Lipinski definition) is 1. The maximum absolute atomic E-state index is 11.8. The van der Waals surface area contributed by atoms with E-state index in [-0.39, 0.29) is 23.3 Å². The van der Waals surface area contributed by atoms with Gasteiger partial charge in [-0.05, 0) is 32.3 Å². The summed E-state index contributed by atoms with van der Waals surface area (Å²) in [4.78, 5) is 24.9. The maximum Gasteiger partial charge on any atom is 0.229 e. The van der Waals surface area contributed by atoms with Crippen LogP contribution in [-0.2, 0) is 9.59 Å². The third-order valence-electron chi connectivity index (χ3n) is 2.90. The van der Waals surface area contributed by atoms with Gasteiger partial charge in [-0.2, -0.15) is 0 Å². The molecule has 4 nitrogen and oxygen atoms in total. The van der Waals surface area contributed by atoms with E-state index < -0.39 is 0 Å². The number of amides is 2. The predicted octanol–water partition coefficient (Wildman–Crippen LogP) is 1.72. The Bertz CT molecular complexity index is 337. The molecule has 1 aliphatic heterocycles. The zero-order valence-electron chi connectivity index (χ0n) is 11.9. The number of hydrogen-bond acceptors (Lipinski definition) is 3. The Kier molecular flexibility index (Phi) is 4.68. The normalized spacial score (nSPS) is 18.3. The van der Waals surface area contributed by atoms with Gasteiger partial charge in [0, 0.05) is 24.9 Å². The fourth-order valence-electron chi connectivity index (χ4n) is 1.87. The average Bonchev–Trinajstić information content (AvgIpc) is 2.19. The maximum atomic E-state index is 11.8. The summed E-state index contributed by atoms with van der Waals surface area (Å²) in [5.74, 6) is 0.0218. The Balaban J connectivity index is 2.49. The molecule has 102 valence electrons. The lowest BCUT2D eigenvalue weighted by Crippen LogP contribution is -2.45. The predicted molar refractivity (Wildman–Crippen MR) is 72.0 cm³/mol. The van der Waals surface area contributed by atoms with Crippen molar-refractivity contribution < 1.29 is 9.59 Å². The van der Waals surface area contributed by atoms with Gasteiger partial charge >= 0.3 is 0 Å². The number of nitrogens with zero attached hydrogens (tertiary/aromatic N) is 1. The molecule has 1 saturated heterocycles. The van der Waals surface area contributed by atoms with Crippen LogP contribution in [0.1, 0.15) is 40.5 Å². The van der Waals surface area contributed by atoms with E-state index in [0.29, 0.717) is 25.9 Å². The van der Waals surface area contributed by atoms with Gasteiger partial charge in [-0.25, -0.2) is 0 Å². The molecular weight excluding hydrogens is 228 g/mol. The molecule has 0 aromatic heterocycles. The Hall–Kier alpha value is -1.16. The lowest BCUT2D eigenvalue weighted by atomic mass is 9.97. The molecule has 0 radical (unpaired) electrons. The minimum Gasteiger partial charge on any atom is -0.308 e. The Morgan fingerprint density at radius 1 is 1.33 bits per heavy atom. The zero-order chi connectivity index (χ0) is 13.9. The van der Waals surface area contributed by atoms with Gasteiger partial charge in [0.15, 0.2) is 0 Å². The molecule has 18 heavy (non-hydrogen) atoms. The minimum absolute atomic E-state index is 0.00731. The van der Waals surface area contributed by atoms with Gasteiger partial charge in [-0.1, -0.05) is 13.5 Å². The van der Waals surface area contributed by atoms with E-state index in [2.05, 4.69) is 32.7 Å². The van der Waals surface area contributed by atoms with E-state index in [1.165, 1.54) is 4.90 Å². The second-order valence-corrected chi connectivity index (χ2v) is 6.24. The first-order valence-electron chi connectivity index (χ1n) is 6.44. The SMILES string of the molecule is C=C(CNC(C)(C)C)CN1C(=O)CC(C)CC1=O. The quantitative estimate of drug-likeness (QED) is 0.612. The van der Waals surface area contributed by atoms with Crippen LogP contribution in [0.3, 0.4) is 0 Å². The molecule has 0 saturated carbocycles. The van der Waals surface area contributed by atoms with Crippen molar-refractivity contribution in [3.05, 3.63) is 12.2 Å². The zero-order valence-corrected chi connectivity index (χ0v) is 11.9. The fourth-order valence-corrected chi connectivity index (χ4v) is 1.87. The van der Waals surface area contributed by atoms with Crippen molar-refractivity contribution in [2.24, 2.45) is 5.92 Å². The van der Waals surface area contributed by atoms with E-state index in [4.69, 9.17) is 0 Å². The number of piperidine rings is 1. The highest BCUT2D eigenvalue weighted by Crippen LogP contribution is 2.19. The van der Waals surface area contributed by atoms with Crippen molar-refractivity contribution >= 4 is 11.8 Å². The van der Waals surface area contributed by atoms with Crippen LogP contribution in [-0.4, -0.2) is 35.3 Å². The van der Waals surface area contributed by atoms with Crippen LogP contribution in [0.4, 0.5) is 0 Å². The number of rotatable bonds is 4. The van der Waals surface area contributed by atoms with E-state index in [1.807, 2.05) is 6.92 Å². The molecule has 0 spiro atoms. The van der Waals surface area contributed by atoms with Crippen molar-refractivity contribution in [2.45, 2.75) is 46.1 Å². The first-order chi connectivity index (χ1) is 8.19. The van der Waals surface area contributed by atoms with Crippen molar-refractivity contribution in [2.75, 3.05) is 13.1 Å². The van der Waals surface area contributed by atoms with E-state index >= 15 is 0 Å². The van der Waals surface area contributed by atoms with Gasteiger partial charge < -0.3 is 5.32 Å². The number of imide groups is 1. The molecule has 1 N–H and O–H groups in total. The molecule has 1 rings (SSSR count). The van der Waals surface area contributed by atoms with Crippen molar-refractivity contribution in [3.8, 4) is 0 Å². The summed E-state index contributed by atoms with van der Waals surface area (Å²) >= 11 is 0. The summed E-state index contributed by atoms with van der Waals surface area (Å²) in [6, 6.07) is 0. The summed E-state index contributed by atoms with van der Waals surface area (Å²) in [6.45, 7) is 13.0. The molecular formula is C14H24N2O2. The highest BCUT2D eigenvalue weighted by molar-refractivity contribution is 5.98. The van der Waals surface area contributed by atoms with Gasteiger partial charge in [-0.3, -0.25) is 14.5 Å². The number of carbonyl (C=O) groups excluding carboxylic acids is 2. The molecule has 0 aliphatic carbocycles. The summed E-state index contributed by atoms with van der Waals surface area (Å²) in [5, 5.41) is 3.30. The highest BCUT2D eigenvalue weighted by atomic mass is 16.2. The van der Waals surface area contributed by atoms with Gasteiger partial charge in [0.25, 0.3) is 0 Å². The number of carbonyl (C=O) groups is 2. The monoisotopic (exact) mass is 252 g/mol. The van der Waals surface area contributed by atoms with Crippen molar-refractivity contribution in [3.63, 3.8) is 0 Å². The molecule has 1 aliphatic rings. The van der Waals surface area contributed by atoms with E-state index in [9.17, 15) is 9.59 Å². The number of nitrogens with one attached hydrogen (secondary N) is 1. The smallest absolute Gasteiger partial charge is 0.229 e. The second-order valence-electron chi connectivity index (χ2n) is 6.24. The molecule has 0 aromatic rings. The standard InChI is InChI=1S/C14H24N2O2/c1-10-6-12(17)16(13(18)7-10)9-11(2)8-15-14(3,4)5/h10,15H,2,6-9H2,1,3-5H3.